The van der Waals surface area contributed by atoms with E-state index in [1.165, 1.54) is 10.4 Å². The number of rotatable bonds is 6. The smallest absolute Gasteiger partial charge is 0.191 e. The van der Waals surface area contributed by atoms with E-state index in [-0.39, 0.29) is 24.0 Å². The van der Waals surface area contributed by atoms with Gasteiger partial charge in [0.05, 0.1) is 6.54 Å². The zero-order valence-electron chi connectivity index (χ0n) is 16.3. The van der Waals surface area contributed by atoms with E-state index >= 15 is 0 Å². The Kier molecular flexibility index (Phi) is 8.98. The Balaban J connectivity index is 0.00000261. The van der Waals surface area contributed by atoms with E-state index in [1.807, 2.05) is 13.2 Å². The molecule has 1 aliphatic heterocycles. The topological polar surface area (TPSA) is 52.6 Å². The van der Waals surface area contributed by atoms with Crippen molar-refractivity contribution in [2.75, 3.05) is 13.6 Å². The molecular formula is C20H30IN5S. The lowest BCUT2D eigenvalue weighted by atomic mass is 10.2. The highest BCUT2D eigenvalue weighted by Gasteiger charge is 2.29. The van der Waals surface area contributed by atoms with Gasteiger partial charge in [-0.15, -0.1) is 35.3 Å². The average Bonchev–Trinajstić information content (AvgIpc) is 3.26. The molecule has 2 N–H and O–H groups in total. The van der Waals surface area contributed by atoms with Gasteiger partial charge >= 0.3 is 0 Å². The molecule has 3 rings (SSSR count). The van der Waals surface area contributed by atoms with Crippen LogP contribution in [0.15, 0.2) is 41.5 Å². The van der Waals surface area contributed by atoms with Crippen molar-refractivity contribution in [3.8, 4) is 0 Å². The van der Waals surface area contributed by atoms with Crippen LogP contribution in [0.4, 0.5) is 0 Å². The molecule has 1 aromatic heterocycles. The molecule has 148 valence electrons. The molecule has 2 heterocycles. The van der Waals surface area contributed by atoms with Crippen LogP contribution in [0.3, 0.4) is 0 Å². The monoisotopic (exact) mass is 499 g/mol. The number of benzene rings is 1. The summed E-state index contributed by atoms with van der Waals surface area (Å²) in [5.41, 5.74) is 1.37. The van der Waals surface area contributed by atoms with Crippen LogP contribution in [0.2, 0.25) is 0 Å². The fourth-order valence-corrected chi connectivity index (χ4v) is 4.18. The molecule has 0 spiro atoms. The van der Waals surface area contributed by atoms with Crippen LogP contribution in [-0.2, 0) is 19.5 Å². The van der Waals surface area contributed by atoms with Crippen molar-refractivity contribution in [3.63, 3.8) is 0 Å². The normalized spacial score (nSPS) is 20.3. The van der Waals surface area contributed by atoms with Gasteiger partial charge in [0.2, 0.25) is 0 Å². The van der Waals surface area contributed by atoms with E-state index in [0.29, 0.717) is 12.1 Å². The highest BCUT2D eigenvalue weighted by atomic mass is 127. The summed E-state index contributed by atoms with van der Waals surface area (Å²) >= 11 is 1.77. The molecule has 1 aromatic carbocycles. The van der Waals surface area contributed by atoms with Crippen LogP contribution in [0.5, 0.6) is 0 Å². The number of aliphatic imine (C=N–C) groups is 1. The lowest BCUT2D eigenvalue weighted by Crippen LogP contribution is -2.44. The molecule has 2 unspecified atom stereocenters. The largest absolute Gasteiger partial charge is 0.352 e. The van der Waals surface area contributed by atoms with Gasteiger partial charge in [-0.2, -0.15) is 0 Å². The molecule has 1 aliphatic rings. The zero-order chi connectivity index (χ0) is 18.4. The first kappa shape index (κ1) is 22.1. The molecule has 2 atom stereocenters. The summed E-state index contributed by atoms with van der Waals surface area (Å²) in [4.78, 5) is 12.7. The lowest BCUT2D eigenvalue weighted by Gasteiger charge is -2.21. The van der Waals surface area contributed by atoms with E-state index < -0.39 is 0 Å². The van der Waals surface area contributed by atoms with Crippen LogP contribution in [0.25, 0.3) is 0 Å². The number of hydrogen-bond donors (Lipinski definition) is 2. The molecular weight excluding hydrogens is 469 g/mol. The second-order valence-corrected chi connectivity index (χ2v) is 8.04. The number of aryl methyl sites for hydroxylation is 1. The first-order valence-corrected chi connectivity index (χ1v) is 10.2. The summed E-state index contributed by atoms with van der Waals surface area (Å²) in [6.45, 7) is 7.23. The van der Waals surface area contributed by atoms with Crippen molar-refractivity contribution in [1.29, 1.82) is 0 Å². The SMILES string of the molecule is CCc1cnc(CNC(=NC)NC2CC(C)N(Cc3ccccc3)C2)s1.I. The number of thiazole rings is 1. The fraction of sp³-hybridized carbons (Fsp3) is 0.500. The Morgan fingerprint density at radius 1 is 1.33 bits per heavy atom. The van der Waals surface area contributed by atoms with Gasteiger partial charge < -0.3 is 10.6 Å². The Hall–Kier alpha value is -1.19. The summed E-state index contributed by atoms with van der Waals surface area (Å²) in [5, 5.41) is 8.08. The average molecular weight is 499 g/mol. The number of likely N-dealkylation sites (tertiary alicyclic amines) is 1. The van der Waals surface area contributed by atoms with Gasteiger partial charge in [-0.05, 0) is 25.3 Å². The Bertz CT molecular complexity index is 718. The molecule has 0 amide bonds. The summed E-state index contributed by atoms with van der Waals surface area (Å²) < 4.78 is 0. The van der Waals surface area contributed by atoms with Crippen molar-refractivity contribution in [3.05, 3.63) is 52.0 Å². The Labute approximate surface area is 183 Å². The molecule has 0 bridgehead atoms. The highest BCUT2D eigenvalue weighted by Crippen LogP contribution is 2.20. The highest BCUT2D eigenvalue weighted by molar-refractivity contribution is 14.0. The maximum atomic E-state index is 4.46. The van der Waals surface area contributed by atoms with Crippen LogP contribution < -0.4 is 10.6 Å². The lowest BCUT2D eigenvalue weighted by molar-refractivity contribution is 0.258. The zero-order valence-corrected chi connectivity index (χ0v) is 19.5. The van der Waals surface area contributed by atoms with Crippen LogP contribution in [-0.4, -0.2) is 41.5 Å². The minimum Gasteiger partial charge on any atom is -0.352 e. The summed E-state index contributed by atoms with van der Waals surface area (Å²) in [5.74, 6) is 0.858. The maximum absolute atomic E-state index is 4.46. The van der Waals surface area contributed by atoms with Gasteiger partial charge in [0.1, 0.15) is 5.01 Å². The van der Waals surface area contributed by atoms with E-state index in [2.05, 4.69) is 69.7 Å². The molecule has 7 heteroatoms. The van der Waals surface area contributed by atoms with Crippen molar-refractivity contribution >= 4 is 41.3 Å². The summed E-state index contributed by atoms with van der Waals surface area (Å²) in [7, 11) is 1.83. The standard InChI is InChI=1S/C20H29N5S.HI/c1-4-18-11-22-19(26-18)12-23-20(21-3)24-17-10-15(2)25(14-17)13-16-8-6-5-7-9-16;/h5-9,11,15,17H,4,10,12-14H2,1-3H3,(H2,21,23,24);1H. The van der Waals surface area contributed by atoms with Gasteiger partial charge in [0.25, 0.3) is 0 Å². The number of guanidine groups is 1. The second kappa shape index (κ2) is 11.0. The predicted octanol–water partition coefficient (Wildman–Crippen LogP) is 3.65. The van der Waals surface area contributed by atoms with Crippen molar-refractivity contribution in [2.45, 2.75) is 51.9 Å². The number of nitrogens with one attached hydrogen (secondary N) is 2. The molecule has 0 aliphatic carbocycles. The van der Waals surface area contributed by atoms with Crippen molar-refractivity contribution in [1.82, 2.24) is 20.5 Å². The molecule has 1 saturated heterocycles. The van der Waals surface area contributed by atoms with E-state index in [0.717, 1.165) is 43.4 Å². The number of halogens is 1. The predicted molar refractivity (Wildman–Crippen MR) is 125 cm³/mol. The second-order valence-electron chi connectivity index (χ2n) is 6.84. The molecule has 0 radical (unpaired) electrons. The maximum Gasteiger partial charge on any atom is 0.191 e. The summed E-state index contributed by atoms with van der Waals surface area (Å²) in [6.07, 6.45) is 4.14. The first-order valence-electron chi connectivity index (χ1n) is 9.36. The van der Waals surface area contributed by atoms with Gasteiger partial charge in [0, 0.05) is 43.3 Å². The van der Waals surface area contributed by atoms with Gasteiger partial charge in [-0.25, -0.2) is 4.98 Å². The fourth-order valence-electron chi connectivity index (χ4n) is 3.38. The Morgan fingerprint density at radius 2 is 2.11 bits per heavy atom. The minimum absolute atomic E-state index is 0. The van der Waals surface area contributed by atoms with Crippen molar-refractivity contribution < 1.29 is 0 Å². The molecule has 5 nitrogen and oxygen atoms in total. The van der Waals surface area contributed by atoms with Crippen LogP contribution >= 0.6 is 35.3 Å². The number of hydrogen-bond acceptors (Lipinski definition) is 4. The van der Waals surface area contributed by atoms with Gasteiger partial charge in [-0.3, -0.25) is 9.89 Å². The van der Waals surface area contributed by atoms with Crippen molar-refractivity contribution in [2.24, 2.45) is 4.99 Å². The van der Waals surface area contributed by atoms with E-state index in [4.69, 9.17) is 0 Å². The third kappa shape index (κ3) is 6.43. The molecule has 1 fully saturated rings. The summed E-state index contributed by atoms with van der Waals surface area (Å²) in [6, 6.07) is 11.7. The number of aromatic nitrogens is 1. The Morgan fingerprint density at radius 3 is 2.78 bits per heavy atom. The molecule has 2 aromatic rings. The van der Waals surface area contributed by atoms with Gasteiger partial charge in [-0.1, -0.05) is 37.3 Å². The number of nitrogens with zero attached hydrogens (tertiary/aromatic N) is 3. The first-order chi connectivity index (χ1) is 12.7. The van der Waals surface area contributed by atoms with Crippen LogP contribution in [0, 0.1) is 0 Å². The third-order valence-electron chi connectivity index (χ3n) is 4.85. The quantitative estimate of drug-likeness (QED) is 0.362. The van der Waals surface area contributed by atoms with E-state index in [1.54, 1.807) is 11.3 Å². The van der Waals surface area contributed by atoms with Crippen LogP contribution in [0.1, 0.15) is 35.7 Å². The minimum atomic E-state index is 0. The third-order valence-corrected chi connectivity index (χ3v) is 6.00. The molecule has 0 saturated carbocycles. The molecule has 27 heavy (non-hydrogen) atoms. The van der Waals surface area contributed by atoms with Gasteiger partial charge in [0.15, 0.2) is 5.96 Å². The van der Waals surface area contributed by atoms with E-state index in [9.17, 15) is 0 Å².